The maximum atomic E-state index is 10.1. The number of hydrogen-bond donors (Lipinski definition) is 0. The van der Waals surface area contributed by atoms with Crippen LogP contribution in [0.1, 0.15) is 12.8 Å². The van der Waals surface area contributed by atoms with Crippen molar-refractivity contribution in [3.8, 4) is 0 Å². The standard InChI is InChI=1S/C10H17NO2/c1-13-9-10-5-4-7-11(10)6-2-3-8-12/h2-3,8,10H,4-7,9H2,1H3. The van der Waals surface area contributed by atoms with Crippen LogP contribution in [0.4, 0.5) is 0 Å². The Morgan fingerprint density at radius 1 is 1.62 bits per heavy atom. The van der Waals surface area contributed by atoms with Gasteiger partial charge in [-0.2, -0.15) is 0 Å². The van der Waals surface area contributed by atoms with Gasteiger partial charge in [0.25, 0.3) is 0 Å². The Hall–Kier alpha value is -0.670. The van der Waals surface area contributed by atoms with Crippen LogP contribution >= 0.6 is 0 Å². The molecule has 1 heterocycles. The molecule has 0 aromatic heterocycles. The Balaban J connectivity index is 2.30. The summed E-state index contributed by atoms with van der Waals surface area (Å²) < 4.78 is 5.13. The van der Waals surface area contributed by atoms with Gasteiger partial charge in [-0.15, -0.1) is 0 Å². The lowest BCUT2D eigenvalue weighted by atomic mass is 10.2. The van der Waals surface area contributed by atoms with Crippen molar-refractivity contribution >= 4 is 6.29 Å². The van der Waals surface area contributed by atoms with Crippen LogP contribution in [0.15, 0.2) is 12.2 Å². The predicted molar refractivity (Wildman–Crippen MR) is 51.7 cm³/mol. The van der Waals surface area contributed by atoms with Gasteiger partial charge in [0.2, 0.25) is 0 Å². The molecule has 1 atom stereocenters. The van der Waals surface area contributed by atoms with E-state index in [1.54, 1.807) is 13.2 Å². The van der Waals surface area contributed by atoms with Gasteiger partial charge in [0.05, 0.1) is 6.61 Å². The van der Waals surface area contributed by atoms with Gasteiger partial charge in [-0.05, 0) is 25.5 Å². The number of carbonyl (C=O) groups excluding carboxylic acids is 1. The summed E-state index contributed by atoms with van der Waals surface area (Å²) >= 11 is 0. The largest absolute Gasteiger partial charge is 0.383 e. The molecule has 0 aliphatic carbocycles. The van der Waals surface area contributed by atoms with Crippen LogP contribution < -0.4 is 0 Å². The van der Waals surface area contributed by atoms with Crippen LogP contribution in [0.5, 0.6) is 0 Å². The summed E-state index contributed by atoms with van der Waals surface area (Å²) in [6.07, 6.45) is 6.73. The van der Waals surface area contributed by atoms with Crippen molar-refractivity contribution in [2.75, 3.05) is 26.8 Å². The zero-order valence-electron chi connectivity index (χ0n) is 8.11. The Morgan fingerprint density at radius 2 is 2.46 bits per heavy atom. The van der Waals surface area contributed by atoms with E-state index in [9.17, 15) is 4.79 Å². The SMILES string of the molecule is COCC1CCCN1CC=CC=O. The van der Waals surface area contributed by atoms with Gasteiger partial charge in [0, 0.05) is 19.7 Å². The highest BCUT2D eigenvalue weighted by Crippen LogP contribution is 2.16. The number of carbonyl (C=O) groups is 1. The summed E-state index contributed by atoms with van der Waals surface area (Å²) in [4.78, 5) is 12.4. The molecule has 0 bridgehead atoms. The zero-order valence-corrected chi connectivity index (χ0v) is 8.11. The molecule has 0 amide bonds. The van der Waals surface area contributed by atoms with Gasteiger partial charge in [-0.1, -0.05) is 6.08 Å². The van der Waals surface area contributed by atoms with Crippen LogP contribution in [0, 0.1) is 0 Å². The van der Waals surface area contributed by atoms with Crippen LogP contribution in [0.2, 0.25) is 0 Å². The number of rotatable bonds is 5. The van der Waals surface area contributed by atoms with Crippen molar-refractivity contribution in [3.05, 3.63) is 12.2 Å². The Kier molecular flexibility index (Phi) is 4.72. The van der Waals surface area contributed by atoms with Crippen molar-refractivity contribution < 1.29 is 9.53 Å². The van der Waals surface area contributed by atoms with Crippen molar-refractivity contribution in [2.45, 2.75) is 18.9 Å². The number of allylic oxidation sites excluding steroid dienone is 1. The first-order chi connectivity index (χ1) is 6.38. The molecule has 74 valence electrons. The first kappa shape index (κ1) is 10.4. The molecule has 1 fully saturated rings. The fourth-order valence-electron chi connectivity index (χ4n) is 1.77. The molecule has 1 rings (SSSR count). The van der Waals surface area contributed by atoms with E-state index in [0.29, 0.717) is 6.04 Å². The van der Waals surface area contributed by atoms with E-state index in [4.69, 9.17) is 4.74 Å². The lowest BCUT2D eigenvalue weighted by Gasteiger charge is -2.21. The maximum absolute atomic E-state index is 10.1. The topological polar surface area (TPSA) is 29.5 Å². The van der Waals surface area contributed by atoms with E-state index in [-0.39, 0.29) is 0 Å². The van der Waals surface area contributed by atoms with E-state index in [0.717, 1.165) is 26.0 Å². The monoisotopic (exact) mass is 183 g/mol. The van der Waals surface area contributed by atoms with E-state index in [2.05, 4.69) is 4.90 Å². The molecule has 1 aliphatic rings. The Bertz CT molecular complexity index is 180. The minimum atomic E-state index is 0.543. The molecule has 0 saturated carbocycles. The number of aldehydes is 1. The molecule has 0 aromatic carbocycles. The van der Waals surface area contributed by atoms with Crippen molar-refractivity contribution in [2.24, 2.45) is 0 Å². The highest BCUT2D eigenvalue weighted by molar-refractivity contribution is 5.64. The van der Waals surface area contributed by atoms with Crippen LogP contribution in [0.25, 0.3) is 0 Å². The molecule has 1 saturated heterocycles. The molecular formula is C10H17NO2. The third-order valence-corrected chi connectivity index (χ3v) is 2.41. The number of likely N-dealkylation sites (tertiary alicyclic amines) is 1. The highest BCUT2D eigenvalue weighted by Gasteiger charge is 2.22. The van der Waals surface area contributed by atoms with Crippen molar-refractivity contribution in [1.82, 2.24) is 4.90 Å². The second-order valence-corrected chi connectivity index (χ2v) is 3.31. The summed E-state index contributed by atoms with van der Waals surface area (Å²) in [6.45, 7) is 2.79. The van der Waals surface area contributed by atoms with E-state index in [1.807, 2.05) is 6.08 Å². The summed E-state index contributed by atoms with van der Waals surface area (Å²) in [7, 11) is 1.73. The van der Waals surface area contributed by atoms with Crippen LogP contribution in [-0.4, -0.2) is 44.0 Å². The lowest BCUT2D eigenvalue weighted by molar-refractivity contribution is -0.104. The first-order valence-electron chi connectivity index (χ1n) is 4.71. The third-order valence-electron chi connectivity index (χ3n) is 2.41. The minimum Gasteiger partial charge on any atom is -0.383 e. The summed E-state index contributed by atoms with van der Waals surface area (Å²) in [5.74, 6) is 0. The molecule has 3 nitrogen and oxygen atoms in total. The number of methoxy groups -OCH3 is 1. The summed E-state index contributed by atoms with van der Waals surface area (Å²) in [6, 6.07) is 0.543. The second kappa shape index (κ2) is 5.89. The number of ether oxygens (including phenoxy) is 1. The second-order valence-electron chi connectivity index (χ2n) is 3.31. The maximum Gasteiger partial charge on any atom is 0.142 e. The normalized spacial score (nSPS) is 24.2. The molecule has 13 heavy (non-hydrogen) atoms. The van der Waals surface area contributed by atoms with Gasteiger partial charge in [-0.25, -0.2) is 0 Å². The van der Waals surface area contributed by atoms with E-state index < -0.39 is 0 Å². The molecular weight excluding hydrogens is 166 g/mol. The average Bonchev–Trinajstić information content (AvgIpc) is 2.54. The Morgan fingerprint density at radius 3 is 3.15 bits per heavy atom. The van der Waals surface area contributed by atoms with Crippen molar-refractivity contribution in [1.29, 1.82) is 0 Å². The molecule has 0 N–H and O–H groups in total. The molecule has 0 radical (unpaired) electrons. The fraction of sp³-hybridized carbons (Fsp3) is 0.700. The predicted octanol–water partition coefficient (Wildman–Crippen LogP) is 0.852. The zero-order chi connectivity index (χ0) is 9.52. The van der Waals surface area contributed by atoms with Gasteiger partial charge in [0.1, 0.15) is 6.29 Å². The van der Waals surface area contributed by atoms with Crippen molar-refractivity contribution in [3.63, 3.8) is 0 Å². The quantitative estimate of drug-likeness (QED) is 0.467. The number of nitrogens with zero attached hydrogens (tertiary/aromatic N) is 1. The van der Waals surface area contributed by atoms with Gasteiger partial charge in [0.15, 0.2) is 0 Å². The average molecular weight is 183 g/mol. The first-order valence-corrected chi connectivity index (χ1v) is 4.71. The Labute approximate surface area is 79.4 Å². The van der Waals surface area contributed by atoms with E-state index >= 15 is 0 Å². The van der Waals surface area contributed by atoms with Gasteiger partial charge < -0.3 is 4.74 Å². The molecule has 3 heteroatoms. The van der Waals surface area contributed by atoms with Gasteiger partial charge >= 0.3 is 0 Å². The third kappa shape index (κ3) is 3.28. The number of hydrogen-bond acceptors (Lipinski definition) is 3. The van der Waals surface area contributed by atoms with Crippen LogP contribution in [0.3, 0.4) is 0 Å². The minimum absolute atomic E-state index is 0.543. The fourth-order valence-corrected chi connectivity index (χ4v) is 1.77. The molecule has 1 aliphatic heterocycles. The summed E-state index contributed by atoms with van der Waals surface area (Å²) in [5.41, 5.74) is 0. The molecule has 0 aromatic rings. The molecule has 1 unspecified atom stereocenters. The van der Waals surface area contributed by atoms with Gasteiger partial charge in [-0.3, -0.25) is 9.69 Å². The van der Waals surface area contributed by atoms with E-state index in [1.165, 1.54) is 12.8 Å². The highest BCUT2D eigenvalue weighted by atomic mass is 16.5. The smallest absolute Gasteiger partial charge is 0.142 e. The van der Waals surface area contributed by atoms with Crippen LogP contribution in [-0.2, 0) is 9.53 Å². The molecule has 0 spiro atoms. The lowest BCUT2D eigenvalue weighted by Crippen LogP contribution is -2.32. The summed E-state index contributed by atoms with van der Waals surface area (Å²) in [5, 5.41) is 0.